The number of carbonyl (C=O) groups is 2. The Morgan fingerprint density at radius 3 is 1.47 bits per heavy atom. The summed E-state index contributed by atoms with van der Waals surface area (Å²) in [5.74, 6) is 9.28. The molecule has 38 heavy (non-hydrogen) atoms. The van der Waals surface area contributed by atoms with Crippen LogP contribution in [-0.2, 0) is 28.5 Å². The van der Waals surface area contributed by atoms with E-state index in [0.717, 1.165) is 60.2 Å². The quantitative estimate of drug-likeness (QED) is 0.269. The van der Waals surface area contributed by atoms with E-state index in [1.54, 1.807) is 12.5 Å². The van der Waals surface area contributed by atoms with E-state index in [4.69, 9.17) is 18.9 Å². The number of esters is 2. The average Bonchev–Trinajstić information content (AvgIpc) is 3.75. The molecule has 0 aromatic heterocycles. The SMILES string of the molecule is C=COC1CC2CC1C1C3CC(C(=O)OC)C(C3)C21.C=COC1CC2CC1C1C3CC(CC3C(=O)OC)C21. The molecule has 0 aromatic rings. The fourth-order valence-electron chi connectivity index (χ4n) is 12.5. The van der Waals surface area contributed by atoms with Gasteiger partial charge in [0.25, 0.3) is 0 Å². The minimum Gasteiger partial charge on any atom is -0.498 e. The molecule has 8 saturated carbocycles. The lowest BCUT2D eigenvalue weighted by atomic mass is 9.67. The maximum absolute atomic E-state index is 11.9. The predicted molar refractivity (Wildman–Crippen MR) is 140 cm³/mol. The van der Waals surface area contributed by atoms with Crippen LogP contribution in [-0.4, -0.2) is 38.4 Å². The molecule has 208 valence electrons. The van der Waals surface area contributed by atoms with E-state index in [0.29, 0.717) is 35.9 Å². The first-order valence-corrected chi connectivity index (χ1v) is 15.2. The Kier molecular flexibility index (Phi) is 6.12. The summed E-state index contributed by atoms with van der Waals surface area (Å²) in [6.07, 6.45) is 13.6. The fourth-order valence-corrected chi connectivity index (χ4v) is 12.5. The molecule has 16 unspecified atom stereocenters. The molecule has 0 heterocycles. The van der Waals surface area contributed by atoms with Crippen molar-refractivity contribution in [2.75, 3.05) is 14.2 Å². The van der Waals surface area contributed by atoms with Gasteiger partial charge < -0.3 is 18.9 Å². The molecular weight excluding hydrogens is 480 g/mol. The first kappa shape index (κ1) is 25.0. The lowest BCUT2D eigenvalue weighted by molar-refractivity contribution is -0.150. The summed E-state index contributed by atoms with van der Waals surface area (Å²) in [7, 11) is 3.05. The number of hydrogen-bond acceptors (Lipinski definition) is 6. The summed E-state index contributed by atoms with van der Waals surface area (Å²) >= 11 is 0. The number of methoxy groups -OCH3 is 2. The summed E-state index contributed by atoms with van der Waals surface area (Å²) in [6.45, 7) is 7.41. The number of ether oxygens (including phenoxy) is 4. The normalized spacial score (nSPS) is 53.1. The topological polar surface area (TPSA) is 71.1 Å². The Morgan fingerprint density at radius 2 is 0.947 bits per heavy atom. The zero-order valence-electron chi connectivity index (χ0n) is 22.9. The second-order valence-electron chi connectivity index (χ2n) is 13.8. The van der Waals surface area contributed by atoms with Crippen LogP contribution in [0.1, 0.15) is 51.4 Å². The van der Waals surface area contributed by atoms with Crippen molar-refractivity contribution in [3.05, 3.63) is 25.7 Å². The molecule has 8 aliphatic rings. The summed E-state index contributed by atoms with van der Waals surface area (Å²) in [4.78, 5) is 23.8. The molecule has 0 saturated heterocycles. The van der Waals surface area contributed by atoms with Crippen LogP contribution in [0.25, 0.3) is 0 Å². The Morgan fingerprint density at radius 1 is 0.553 bits per heavy atom. The molecule has 6 nitrogen and oxygen atoms in total. The van der Waals surface area contributed by atoms with E-state index in [-0.39, 0.29) is 23.8 Å². The first-order chi connectivity index (χ1) is 18.5. The van der Waals surface area contributed by atoms with E-state index < -0.39 is 0 Å². The van der Waals surface area contributed by atoms with Crippen molar-refractivity contribution in [2.45, 2.75) is 63.6 Å². The molecule has 8 fully saturated rings. The maximum Gasteiger partial charge on any atom is 0.308 e. The molecule has 0 aromatic carbocycles. The molecule has 0 N–H and O–H groups in total. The molecule has 0 radical (unpaired) electrons. The van der Waals surface area contributed by atoms with Crippen molar-refractivity contribution in [1.82, 2.24) is 0 Å². The molecule has 8 rings (SSSR count). The van der Waals surface area contributed by atoms with E-state index in [1.165, 1.54) is 52.7 Å². The highest BCUT2D eigenvalue weighted by molar-refractivity contribution is 5.74. The van der Waals surface area contributed by atoms with Gasteiger partial charge in [0, 0.05) is 0 Å². The third-order valence-electron chi connectivity index (χ3n) is 13.1. The lowest BCUT2D eigenvalue weighted by Crippen LogP contribution is -2.40. The van der Waals surface area contributed by atoms with Gasteiger partial charge in [-0.3, -0.25) is 9.59 Å². The van der Waals surface area contributed by atoms with Crippen molar-refractivity contribution in [2.24, 2.45) is 82.9 Å². The zero-order valence-corrected chi connectivity index (χ0v) is 22.9. The lowest BCUT2D eigenvalue weighted by Gasteiger charge is -2.40. The molecular formula is C32H44O6. The van der Waals surface area contributed by atoms with E-state index >= 15 is 0 Å². The Bertz CT molecular complexity index is 992. The van der Waals surface area contributed by atoms with Gasteiger partial charge in [0.2, 0.25) is 0 Å². The van der Waals surface area contributed by atoms with E-state index in [1.807, 2.05) is 0 Å². The van der Waals surface area contributed by atoms with Crippen LogP contribution in [0.15, 0.2) is 25.7 Å². The largest absolute Gasteiger partial charge is 0.498 e. The third-order valence-corrected chi connectivity index (χ3v) is 13.1. The molecule has 16 atom stereocenters. The van der Waals surface area contributed by atoms with Gasteiger partial charge in [-0.15, -0.1) is 0 Å². The first-order valence-electron chi connectivity index (χ1n) is 15.2. The van der Waals surface area contributed by atoms with Crippen molar-refractivity contribution >= 4 is 11.9 Å². The zero-order chi connectivity index (χ0) is 26.3. The van der Waals surface area contributed by atoms with Crippen LogP contribution in [0.3, 0.4) is 0 Å². The number of fused-ring (bicyclic) bond motifs is 18. The summed E-state index contributed by atoms with van der Waals surface area (Å²) in [5.41, 5.74) is 0. The van der Waals surface area contributed by atoms with Crippen LogP contribution in [0, 0.1) is 82.9 Å². The molecule has 6 heteroatoms. The molecule has 0 amide bonds. The van der Waals surface area contributed by atoms with E-state index in [9.17, 15) is 9.59 Å². The van der Waals surface area contributed by atoms with Crippen LogP contribution >= 0.6 is 0 Å². The van der Waals surface area contributed by atoms with Crippen molar-refractivity contribution < 1.29 is 28.5 Å². The maximum atomic E-state index is 11.9. The van der Waals surface area contributed by atoms with Gasteiger partial charge in [0.15, 0.2) is 0 Å². The number of hydrogen-bond donors (Lipinski definition) is 0. The van der Waals surface area contributed by atoms with Crippen LogP contribution < -0.4 is 0 Å². The van der Waals surface area contributed by atoms with Gasteiger partial charge in [-0.1, -0.05) is 13.2 Å². The Labute approximate surface area is 226 Å². The van der Waals surface area contributed by atoms with Crippen molar-refractivity contribution in [3.63, 3.8) is 0 Å². The van der Waals surface area contributed by atoms with Crippen LogP contribution in [0.4, 0.5) is 0 Å². The highest BCUT2D eigenvalue weighted by atomic mass is 16.5. The highest BCUT2D eigenvalue weighted by Crippen LogP contribution is 2.70. The molecule has 8 bridgehead atoms. The van der Waals surface area contributed by atoms with Gasteiger partial charge in [0.1, 0.15) is 12.2 Å². The highest BCUT2D eigenvalue weighted by Gasteiger charge is 2.67. The number of carbonyl (C=O) groups excluding carboxylic acids is 2. The molecule has 0 spiro atoms. The molecule has 0 aliphatic heterocycles. The second-order valence-corrected chi connectivity index (χ2v) is 13.8. The van der Waals surface area contributed by atoms with Gasteiger partial charge >= 0.3 is 11.9 Å². The van der Waals surface area contributed by atoms with Crippen molar-refractivity contribution in [1.29, 1.82) is 0 Å². The second kappa shape index (κ2) is 9.30. The fraction of sp³-hybridized carbons (Fsp3) is 0.812. The van der Waals surface area contributed by atoms with Gasteiger partial charge in [-0.05, 0) is 122 Å². The minimum absolute atomic E-state index is 0.0231. The van der Waals surface area contributed by atoms with Gasteiger partial charge in [-0.25, -0.2) is 0 Å². The van der Waals surface area contributed by atoms with Crippen LogP contribution in [0.2, 0.25) is 0 Å². The van der Waals surface area contributed by atoms with Gasteiger partial charge in [0.05, 0.1) is 38.6 Å². The smallest absolute Gasteiger partial charge is 0.308 e. The summed E-state index contributed by atoms with van der Waals surface area (Å²) in [6, 6.07) is 0. The standard InChI is InChI=1S/2C16H22O3/c1-3-19-13-7-9-6-12(13)15-8-4-10(14(9)15)11(5-8)16(17)18-2;1-3-19-13-7-9-6-12(13)15-10-4-8(14(9)15)5-11(10)16(17)18-2/h2*3,8-15H,1,4-7H2,2H3. The monoisotopic (exact) mass is 524 g/mol. The van der Waals surface area contributed by atoms with Gasteiger partial charge in [-0.2, -0.15) is 0 Å². The van der Waals surface area contributed by atoms with E-state index in [2.05, 4.69) is 13.2 Å². The Hall–Kier alpha value is -1.98. The molecule has 8 aliphatic carbocycles. The van der Waals surface area contributed by atoms with Crippen LogP contribution in [0.5, 0.6) is 0 Å². The minimum atomic E-state index is 0.0231. The van der Waals surface area contributed by atoms with Crippen molar-refractivity contribution in [3.8, 4) is 0 Å². The Balaban J connectivity index is 0.000000127. The third kappa shape index (κ3) is 3.43. The average molecular weight is 525 g/mol. The summed E-state index contributed by atoms with van der Waals surface area (Å²) in [5, 5.41) is 0. The number of rotatable bonds is 6. The summed E-state index contributed by atoms with van der Waals surface area (Å²) < 4.78 is 21.4. The predicted octanol–water partition coefficient (Wildman–Crippen LogP) is 5.23.